The summed E-state index contributed by atoms with van der Waals surface area (Å²) in [5.74, 6) is 0. The molecule has 4 aliphatic rings. The normalized spacial score (nSPS) is 26.1. The molecular weight excluding hydrogens is 969 g/mol. The number of hydrogen-bond acceptors (Lipinski definition) is 14. The highest BCUT2D eigenvalue weighted by Crippen LogP contribution is 2.33. The van der Waals surface area contributed by atoms with Gasteiger partial charge in [0.05, 0.1) is 106 Å². The molecule has 0 saturated carbocycles. The maximum atomic E-state index is 6.88. The van der Waals surface area contributed by atoms with Crippen LogP contribution in [0.5, 0.6) is 0 Å². The van der Waals surface area contributed by atoms with Gasteiger partial charge in [-0.15, -0.1) is 0 Å². The van der Waals surface area contributed by atoms with Crippen LogP contribution in [0.3, 0.4) is 0 Å². The van der Waals surface area contributed by atoms with Crippen LogP contribution in [0.15, 0.2) is 182 Å². The van der Waals surface area contributed by atoms with Crippen LogP contribution in [0.2, 0.25) is 0 Å². The van der Waals surface area contributed by atoms with Crippen LogP contribution in [0.4, 0.5) is 0 Å². The standard InChI is InChI=1S/C62H72O14/c1-7-19-47(20-8-1)39-65-45-53-55-57(71-41-49-23-11-3-12-24-49)59(73-43-51-27-15-5-16-28-51)61(75-53)69-37-33-64-34-38-70-62-60(74-44-52-29-17-6-18-30-52)58(72-42-50-25-13-4-14-26-50)56(68-36-32-63-31-35-67-55)54(76-62)46-66-40-48-21-9-2-10-22-48/h1-30,53-62H,31-46H2/t53-,54-,55+,56+,57-,58-,59-,60-,61+,62+/m1/s1. The van der Waals surface area contributed by atoms with E-state index >= 15 is 0 Å². The van der Waals surface area contributed by atoms with Crippen molar-refractivity contribution in [1.29, 1.82) is 0 Å². The third-order valence-corrected chi connectivity index (χ3v) is 13.2. The Labute approximate surface area is 447 Å². The van der Waals surface area contributed by atoms with Crippen LogP contribution >= 0.6 is 0 Å². The Morgan fingerprint density at radius 1 is 0.289 bits per heavy atom. The maximum absolute atomic E-state index is 6.88. The van der Waals surface area contributed by atoms with Gasteiger partial charge in [-0.2, -0.15) is 0 Å². The van der Waals surface area contributed by atoms with Crippen molar-refractivity contribution in [3.05, 3.63) is 215 Å². The highest BCUT2D eigenvalue weighted by atomic mass is 16.7. The van der Waals surface area contributed by atoms with Gasteiger partial charge in [0.25, 0.3) is 0 Å². The Morgan fingerprint density at radius 2 is 0.553 bits per heavy atom. The molecule has 4 aliphatic heterocycles. The quantitative estimate of drug-likeness (QED) is 0.0675. The van der Waals surface area contributed by atoms with Crippen molar-refractivity contribution in [2.45, 2.75) is 101 Å². The number of fused-ring (bicyclic) bond motifs is 14. The highest BCUT2D eigenvalue weighted by Gasteiger charge is 2.50. The van der Waals surface area contributed by atoms with E-state index in [1.165, 1.54) is 0 Å². The molecule has 14 nitrogen and oxygen atoms in total. The van der Waals surface area contributed by atoms with Crippen molar-refractivity contribution in [2.24, 2.45) is 0 Å². The van der Waals surface area contributed by atoms with Gasteiger partial charge in [0.2, 0.25) is 0 Å². The molecule has 14 heteroatoms. The Kier molecular flexibility index (Phi) is 22.8. The lowest BCUT2D eigenvalue weighted by molar-refractivity contribution is -0.332. The zero-order valence-electron chi connectivity index (χ0n) is 43.1. The SMILES string of the molecule is c1ccc(COC[C@H]2O[C@@H]3OCCOCCO[C@H]4O[C@H](COCc5ccccc5)[C@H](OCCOCCO[C@@H]2[C@@H](OCc2ccccc2)[C@H]3OCc2ccccc2)[C@@H](OCc2ccccc2)[C@H]4OCc2ccccc2)cc1. The van der Waals surface area contributed by atoms with E-state index in [9.17, 15) is 0 Å². The second kappa shape index (κ2) is 31.2. The Hall–Kier alpha value is -5.24. The van der Waals surface area contributed by atoms with Crippen LogP contribution in [0.1, 0.15) is 33.4 Å². The summed E-state index contributed by atoms with van der Waals surface area (Å²) in [5.41, 5.74) is 6.06. The lowest BCUT2D eigenvalue weighted by Crippen LogP contribution is -2.62. The fourth-order valence-corrected chi connectivity index (χ4v) is 9.37. The third-order valence-electron chi connectivity index (χ3n) is 13.2. The summed E-state index contributed by atoms with van der Waals surface area (Å²) in [6.07, 6.45) is -6.98. The molecular formula is C62H72O14. The molecule has 0 N–H and O–H groups in total. The number of hydrogen-bond donors (Lipinski definition) is 0. The molecule has 0 unspecified atom stereocenters. The van der Waals surface area contributed by atoms with E-state index < -0.39 is 61.4 Å². The van der Waals surface area contributed by atoms with Crippen molar-refractivity contribution >= 4 is 0 Å². The predicted octanol–water partition coefficient (Wildman–Crippen LogP) is 9.06. The zero-order valence-corrected chi connectivity index (χ0v) is 43.1. The van der Waals surface area contributed by atoms with E-state index in [2.05, 4.69) is 0 Å². The number of rotatable bonds is 20. The first-order chi connectivity index (χ1) is 37.7. The molecule has 4 heterocycles. The van der Waals surface area contributed by atoms with Gasteiger partial charge >= 0.3 is 0 Å². The van der Waals surface area contributed by atoms with Crippen LogP contribution in [0.25, 0.3) is 0 Å². The first kappa shape index (κ1) is 55.5. The third kappa shape index (κ3) is 17.4. The monoisotopic (exact) mass is 1040 g/mol. The summed E-state index contributed by atoms with van der Waals surface area (Å²) in [6, 6.07) is 60.2. The van der Waals surface area contributed by atoms with Gasteiger partial charge < -0.3 is 66.3 Å². The Balaban J connectivity index is 0.960. The Bertz CT molecular complexity index is 2270. The van der Waals surface area contributed by atoms with Crippen LogP contribution in [0, 0.1) is 0 Å². The summed E-state index contributed by atoms with van der Waals surface area (Å²) in [5, 5.41) is 0. The van der Waals surface area contributed by atoms with E-state index in [1.807, 2.05) is 182 Å². The maximum Gasteiger partial charge on any atom is 0.187 e. The summed E-state index contributed by atoms with van der Waals surface area (Å²) < 4.78 is 93.0. The van der Waals surface area contributed by atoms with Crippen LogP contribution in [-0.2, 0) is 106 Å². The van der Waals surface area contributed by atoms with E-state index in [4.69, 9.17) is 66.3 Å². The molecule has 0 aliphatic carbocycles. The molecule has 404 valence electrons. The van der Waals surface area contributed by atoms with Crippen molar-refractivity contribution in [3.8, 4) is 0 Å². The molecule has 4 bridgehead atoms. The van der Waals surface area contributed by atoms with Gasteiger partial charge in [-0.05, 0) is 33.4 Å². The fraction of sp³-hybridized carbons (Fsp3) is 0.419. The van der Waals surface area contributed by atoms with E-state index in [-0.39, 0.29) is 79.3 Å². The van der Waals surface area contributed by atoms with Crippen LogP contribution < -0.4 is 0 Å². The zero-order chi connectivity index (χ0) is 51.7. The van der Waals surface area contributed by atoms with Gasteiger partial charge in [0.15, 0.2) is 12.6 Å². The lowest BCUT2D eigenvalue weighted by Gasteiger charge is -2.46. The molecule has 10 atom stereocenters. The fourth-order valence-electron chi connectivity index (χ4n) is 9.37. The number of ether oxygens (including phenoxy) is 14. The average molecular weight is 1040 g/mol. The minimum atomic E-state index is -0.874. The highest BCUT2D eigenvalue weighted by molar-refractivity contribution is 5.18. The topological polar surface area (TPSA) is 129 Å². The molecule has 4 saturated heterocycles. The van der Waals surface area contributed by atoms with Gasteiger partial charge in [0.1, 0.15) is 48.8 Å². The Morgan fingerprint density at radius 3 is 0.855 bits per heavy atom. The first-order valence-corrected chi connectivity index (χ1v) is 26.5. The molecule has 10 rings (SSSR count). The molecule has 6 aromatic carbocycles. The average Bonchev–Trinajstić information content (AvgIpc) is 3.48. The lowest BCUT2D eigenvalue weighted by atomic mass is 9.98. The first-order valence-electron chi connectivity index (χ1n) is 26.5. The van der Waals surface area contributed by atoms with Crippen molar-refractivity contribution < 1.29 is 66.3 Å². The molecule has 4 fully saturated rings. The van der Waals surface area contributed by atoms with Crippen molar-refractivity contribution in [1.82, 2.24) is 0 Å². The summed E-state index contributed by atoms with van der Waals surface area (Å²) in [7, 11) is 0. The van der Waals surface area contributed by atoms with E-state index in [1.54, 1.807) is 0 Å². The largest absolute Gasteiger partial charge is 0.377 e. The van der Waals surface area contributed by atoms with Crippen molar-refractivity contribution in [2.75, 3.05) is 66.1 Å². The smallest absolute Gasteiger partial charge is 0.187 e. The summed E-state index contributed by atoms with van der Waals surface area (Å²) in [6.45, 7) is 4.05. The molecule has 0 amide bonds. The van der Waals surface area contributed by atoms with E-state index in [0.717, 1.165) is 33.4 Å². The summed E-state index contributed by atoms with van der Waals surface area (Å²) in [4.78, 5) is 0. The minimum absolute atomic E-state index is 0.177. The van der Waals surface area contributed by atoms with Crippen LogP contribution in [-0.4, -0.2) is 127 Å². The van der Waals surface area contributed by atoms with Gasteiger partial charge in [-0.25, -0.2) is 0 Å². The molecule has 76 heavy (non-hydrogen) atoms. The van der Waals surface area contributed by atoms with Gasteiger partial charge in [-0.1, -0.05) is 182 Å². The van der Waals surface area contributed by atoms with E-state index in [0.29, 0.717) is 26.4 Å². The molecule has 6 aromatic rings. The molecule has 0 spiro atoms. The summed E-state index contributed by atoms with van der Waals surface area (Å²) >= 11 is 0. The second-order valence-corrected chi connectivity index (χ2v) is 18.8. The second-order valence-electron chi connectivity index (χ2n) is 18.8. The number of benzene rings is 6. The van der Waals surface area contributed by atoms with Gasteiger partial charge in [0, 0.05) is 0 Å². The van der Waals surface area contributed by atoms with Crippen molar-refractivity contribution in [3.63, 3.8) is 0 Å². The van der Waals surface area contributed by atoms with Gasteiger partial charge in [-0.3, -0.25) is 0 Å². The predicted molar refractivity (Wildman–Crippen MR) is 283 cm³/mol. The minimum Gasteiger partial charge on any atom is -0.377 e. The molecule has 0 radical (unpaired) electrons. The molecule has 0 aromatic heterocycles.